The summed E-state index contributed by atoms with van der Waals surface area (Å²) in [6, 6.07) is 4.96. The van der Waals surface area contributed by atoms with E-state index in [2.05, 4.69) is 10.5 Å². The predicted molar refractivity (Wildman–Crippen MR) is 66.6 cm³/mol. The molecule has 6 heteroatoms. The summed E-state index contributed by atoms with van der Waals surface area (Å²) < 4.78 is 10.2. The molecule has 2 aromatic heterocycles. The van der Waals surface area contributed by atoms with Crippen LogP contribution in [0.1, 0.15) is 34.7 Å². The Morgan fingerprint density at radius 1 is 1.47 bits per heavy atom. The first-order valence-corrected chi connectivity index (χ1v) is 5.89. The van der Waals surface area contributed by atoms with E-state index >= 15 is 0 Å². The van der Waals surface area contributed by atoms with Gasteiger partial charge in [-0.1, -0.05) is 5.16 Å². The van der Waals surface area contributed by atoms with E-state index < -0.39 is 11.5 Å². The average Bonchev–Trinajstić information content (AvgIpc) is 2.95. The molecule has 0 aliphatic carbocycles. The highest BCUT2D eigenvalue weighted by atomic mass is 16.5. The lowest BCUT2D eigenvalue weighted by atomic mass is 10.0. The van der Waals surface area contributed by atoms with Gasteiger partial charge in [-0.2, -0.15) is 0 Å². The molecule has 2 heterocycles. The van der Waals surface area contributed by atoms with Gasteiger partial charge < -0.3 is 19.4 Å². The number of furan rings is 1. The molecule has 19 heavy (non-hydrogen) atoms. The smallest absolute Gasteiger partial charge is 0.290 e. The van der Waals surface area contributed by atoms with Gasteiger partial charge in [-0.25, -0.2) is 0 Å². The highest BCUT2D eigenvalue weighted by Gasteiger charge is 2.28. The minimum absolute atomic E-state index is 0.0124. The molecule has 1 unspecified atom stereocenters. The van der Waals surface area contributed by atoms with Gasteiger partial charge in [0.1, 0.15) is 17.1 Å². The number of carbonyl (C=O) groups excluding carboxylic acids is 1. The molecule has 0 saturated heterocycles. The Morgan fingerprint density at radius 3 is 2.74 bits per heavy atom. The molecular formula is C13H16N2O4. The average molecular weight is 264 g/mol. The van der Waals surface area contributed by atoms with Crippen LogP contribution in [0.25, 0.3) is 0 Å². The van der Waals surface area contributed by atoms with Crippen molar-refractivity contribution < 1.29 is 18.8 Å². The van der Waals surface area contributed by atoms with Gasteiger partial charge in [0.25, 0.3) is 5.91 Å². The molecule has 0 radical (unpaired) electrons. The number of aromatic nitrogens is 1. The first-order valence-electron chi connectivity index (χ1n) is 5.89. The number of hydrogen-bond acceptors (Lipinski definition) is 5. The van der Waals surface area contributed by atoms with Gasteiger partial charge >= 0.3 is 0 Å². The molecule has 1 amide bonds. The number of aryl methyl sites for hydroxylation is 2. The second-order valence-electron chi connectivity index (χ2n) is 4.70. The molecule has 0 fully saturated rings. The Kier molecular flexibility index (Phi) is 3.44. The van der Waals surface area contributed by atoms with Gasteiger partial charge in [0.05, 0.1) is 12.2 Å². The molecule has 0 bridgehead atoms. The van der Waals surface area contributed by atoms with Crippen molar-refractivity contribution >= 4 is 5.91 Å². The maximum atomic E-state index is 11.8. The summed E-state index contributed by atoms with van der Waals surface area (Å²) in [7, 11) is 0. The first-order chi connectivity index (χ1) is 8.88. The molecule has 6 nitrogen and oxygen atoms in total. The summed E-state index contributed by atoms with van der Waals surface area (Å²) in [4.78, 5) is 11.8. The Bertz CT molecular complexity index is 583. The summed E-state index contributed by atoms with van der Waals surface area (Å²) in [5.41, 5.74) is -0.655. The number of nitrogens with one attached hydrogen (secondary N) is 1. The fourth-order valence-electron chi connectivity index (χ4n) is 1.62. The van der Waals surface area contributed by atoms with E-state index in [1.165, 1.54) is 6.07 Å². The molecule has 2 N–H and O–H groups in total. The van der Waals surface area contributed by atoms with Crippen LogP contribution < -0.4 is 5.32 Å². The lowest BCUT2D eigenvalue weighted by Gasteiger charge is -2.20. The van der Waals surface area contributed by atoms with Crippen LogP contribution in [0, 0.1) is 13.8 Å². The molecule has 0 aromatic carbocycles. The lowest BCUT2D eigenvalue weighted by molar-refractivity contribution is 0.0318. The lowest BCUT2D eigenvalue weighted by Crippen LogP contribution is -2.38. The van der Waals surface area contributed by atoms with E-state index in [9.17, 15) is 9.90 Å². The second-order valence-corrected chi connectivity index (χ2v) is 4.70. The number of aliphatic hydroxyl groups is 1. The van der Waals surface area contributed by atoms with Crippen molar-refractivity contribution in [3.63, 3.8) is 0 Å². The maximum absolute atomic E-state index is 11.8. The van der Waals surface area contributed by atoms with Gasteiger partial charge in [-0.3, -0.25) is 4.79 Å². The van der Waals surface area contributed by atoms with Crippen LogP contribution in [0.5, 0.6) is 0 Å². The van der Waals surface area contributed by atoms with E-state index in [-0.39, 0.29) is 12.3 Å². The summed E-state index contributed by atoms with van der Waals surface area (Å²) in [5.74, 6) is 0.791. The third-order valence-corrected chi connectivity index (χ3v) is 2.72. The molecule has 0 aliphatic heterocycles. The number of hydrogen-bond donors (Lipinski definition) is 2. The molecule has 0 spiro atoms. The second kappa shape index (κ2) is 4.89. The monoisotopic (exact) mass is 264 g/mol. The quantitative estimate of drug-likeness (QED) is 0.874. The van der Waals surface area contributed by atoms with Crippen LogP contribution in [0.2, 0.25) is 0 Å². The molecule has 0 saturated carbocycles. The third-order valence-electron chi connectivity index (χ3n) is 2.72. The summed E-state index contributed by atoms with van der Waals surface area (Å²) in [5, 5.41) is 16.4. The Morgan fingerprint density at radius 2 is 2.21 bits per heavy atom. The van der Waals surface area contributed by atoms with Gasteiger partial charge in [0, 0.05) is 6.07 Å². The fourth-order valence-corrected chi connectivity index (χ4v) is 1.62. The third kappa shape index (κ3) is 3.03. The van der Waals surface area contributed by atoms with Crippen molar-refractivity contribution in [1.29, 1.82) is 0 Å². The Labute approximate surface area is 110 Å². The highest BCUT2D eigenvalue weighted by molar-refractivity contribution is 5.91. The van der Waals surface area contributed by atoms with E-state index in [0.29, 0.717) is 17.2 Å². The van der Waals surface area contributed by atoms with Crippen molar-refractivity contribution in [1.82, 2.24) is 10.5 Å². The standard InChI is InChI=1S/C13H16N2O4/c1-8-6-10(19-15-8)12(16)14-7-13(3,17)11-5-4-9(2)18-11/h4-6,17H,7H2,1-3H3,(H,14,16). The number of nitrogens with zero attached hydrogens (tertiary/aromatic N) is 1. The SMILES string of the molecule is Cc1cc(C(=O)NCC(C)(O)c2ccc(C)o2)on1. The summed E-state index contributed by atoms with van der Waals surface area (Å²) in [6.07, 6.45) is 0. The molecule has 102 valence electrons. The molecule has 1 atom stereocenters. The van der Waals surface area contributed by atoms with Crippen LogP contribution in [0.15, 0.2) is 27.1 Å². The summed E-state index contributed by atoms with van der Waals surface area (Å²) >= 11 is 0. The fraction of sp³-hybridized carbons (Fsp3) is 0.385. The van der Waals surface area contributed by atoms with Crippen LogP contribution in [0.3, 0.4) is 0 Å². The first kappa shape index (κ1) is 13.4. The van der Waals surface area contributed by atoms with Gasteiger partial charge in [-0.05, 0) is 32.9 Å². The Balaban J connectivity index is 2.00. The van der Waals surface area contributed by atoms with Crippen molar-refractivity contribution in [3.8, 4) is 0 Å². The molecule has 2 rings (SSSR count). The van der Waals surface area contributed by atoms with Crippen LogP contribution in [-0.2, 0) is 5.60 Å². The van der Waals surface area contributed by atoms with Crippen molar-refractivity contribution in [2.24, 2.45) is 0 Å². The van der Waals surface area contributed by atoms with Crippen LogP contribution in [0.4, 0.5) is 0 Å². The minimum Gasteiger partial charge on any atom is -0.463 e. The molecule has 0 aliphatic rings. The van der Waals surface area contributed by atoms with Gasteiger partial charge in [0.15, 0.2) is 0 Å². The zero-order valence-electron chi connectivity index (χ0n) is 11.1. The number of carbonyl (C=O) groups is 1. The van der Waals surface area contributed by atoms with E-state index in [1.54, 1.807) is 32.9 Å². The normalized spacial score (nSPS) is 14.1. The molecule has 2 aromatic rings. The largest absolute Gasteiger partial charge is 0.463 e. The molecular weight excluding hydrogens is 248 g/mol. The van der Waals surface area contributed by atoms with Crippen molar-refractivity contribution in [3.05, 3.63) is 41.2 Å². The van der Waals surface area contributed by atoms with E-state index in [1.807, 2.05) is 0 Å². The number of amides is 1. The van der Waals surface area contributed by atoms with Crippen molar-refractivity contribution in [2.75, 3.05) is 6.54 Å². The summed E-state index contributed by atoms with van der Waals surface area (Å²) in [6.45, 7) is 5.09. The van der Waals surface area contributed by atoms with Crippen LogP contribution in [-0.4, -0.2) is 22.7 Å². The van der Waals surface area contributed by atoms with Gasteiger partial charge in [-0.15, -0.1) is 0 Å². The topological polar surface area (TPSA) is 88.5 Å². The maximum Gasteiger partial charge on any atom is 0.290 e. The zero-order valence-corrected chi connectivity index (χ0v) is 11.1. The predicted octanol–water partition coefficient (Wildman–Crippen LogP) is 1.52. The van der Waals surface area contributed by atoms with Crippen LogP contribution >= 0.6 is 0 Å². The van der Waals surface area contributed by atoms with E-state index in [4.69, 9.17) is 8.94 Å². The number of rotatable bonds is 4. The Hall–Kier alpha value is -2.08. The van der Waals surface area contributed by atoms with Gasteiger partial charge in [0.2, 0.25) is 5.76 Å². The highest BCUT2D eigenvalue weighted by Crippen LogP contribution is 2.22. The zero-order chi connectivity index (χ0) is 14.0. The minimum atomic E-state index is -1.28. The van der Waals surface area contributed by atoms with E-state index in [0.717, 1.165) is 0 Å². The van der Waals surface area contributed by atoms with Crippen molar-refractivity contribution in [2.45, 2.75) is 26.4 Å².